The highest BCUT2D eigenvalue weighted by Gasteiger charge is 2.40. The number of hydrogen-bond acceptors (Lipinski definition) is 5. The summed E-state index contributed by atoms with van der Waals surface area (Å²) in [6.07, 6.45) is 0. The van der Waals surface area contributed by atoms with Crippen molar-refractivity contribution in [2.24, 2.45) is 16.9 Å². The second-order valence-corrected chi connectivity index (χ2v) is 4.74. The minimum atomic E-state index is -0.933. The van der Waals surface area contributed by atoms with Crippen LogP contribution in [0.1, 0.15) is 18.4 Å². The lowest BCUT2D eigenvalue weighted by Gasteiger charge is -2.23. The zero-order valence-corrected chi connectivity index (χ0v) is 11.7. The summed E-state index contributed by atoms with van der Waals surface area (Å²) in [4.78, 5) is 12.0. The van der Waals surface area contributed by atoms with E-state index in [-0.39, 0.29) is 5.91 Å². The molecular weight excluding hydrogens is 268 g/mol. The number of nitrogens with zero attached hydrogens (tertiary/aromatic N) is 3. The first-order valence-electron chi connectivity index (χ1n) is 6.39. The van der Waals surface area contributed by atoms with E-state index >= 15 is 0 Å². The Labute approximate surface area is 122 Å². The Morgan fingerprint density at radius 3 is 2.33 bits per heavy atom. The first-order valence-corrected chi connectivity index (χ1v) is 6.39. The average Bonchev–Trinajstić information content (AvgIpc) is 2.84. The van der Waals surface area contributed by atoms with Gasteiger partial charge in [-0.3, -0.25) is 4.79 Å². The molecule has 0 aliphatic carbocycles. The molecule has 2 atom stereocenters. The summed E-state index contributed by atoms with van der Waals surface area (Å²) in [6, 6.07) is 11.0. The van der Waals surface area contributed by atoms with Crippen molar-refractivity contribution in [3.05, 3.63) is 29.8 Å². The van der Waals surface area contributed by atoms with Crippen LogP contribution in [-0.2, 0) is 4.79 Å². The lowest BCUT2D eigenvalue weighted by molar-refractivity contribution is -0.122. The van der Waals surface area contributed by atoms with E-state index in [4.69, 9.17) is 4.74 Å². The molecule has 106 valence electrons. The third kappa shape index (κ3) is 2.70. The maximum absolute atomic E-state index is 12.0. The van der Waals surface area contributed by atoms with Gasteiger partial charge in [-0.05, 0) is 24.6 Å². The fraction of sp³-hybridized carbons (Fsp3) is 0.333. The van der Waals surface area contributed by atoms with Gasteiger partial charge in [0.05, 0.1) is 25.2 Å². The first kappa shape index (κ1) is 14.5. The highest BCUT2D eigenvalue weighted by molar-refractivity contribution is 6.07. The lowest BCUT2D eigenvalue weighted by Crippen LogP contribution is -2.32. The number of rotatable bonds is 4. The van der Waals surface area contributed by atoms with Crippen LogP contribution in [0.5, 0.6) is 5.75 Å². The van der Waals surface area contributed by atoms with Gasteiger partial charge in [-0.15, -0.1) is 0 Å². The largest absolute Gasteiger partial charge is 0.497 e. The Kier molecular flexibility index (Phi) is 4.20. The molecule has 6 nitrogen and oxygen atoms in total. The molecule has 0 bridgehead atoms. The number of amides is 1. The molecule has 1 N–H and O–H groups in total. The van der Waals surface area contributed by atoms with Crippen LogP contribution in [0.4, 0.5) is 0 Å². The summed E-state index contributed by atoms with van der Waals surface area (Å²) in [5.41, 5.74) is 3.72. The molecule has 1 aliphatic heterocycles. The van der Waals surface area contributed by atoms with Gasteiger partial charge in [-0.25, -0.2) is 5.43 Å². The van der Waals surface area contributed by atoms with E-state index in [1.165, 1.54) is 0 Å². The molecule has 6 heteroatoms. The van der Waals surface area contributed by atoms with E-state index in [0.717, 1.165) is 5.56 Å². The zero-order valence-electron chi connectivity index (χ0n) is 11.7. The standard InChI is InChI=1S/C15H14N4O2/c1-9-13(15(20)19-18-9)14(11(7-16)8-17)10-3-5-12(21-2)6-4-10/h3-6,11,13-14H,1-2H3,(H,19,20)/t13-,14-/m0/s1. The van der Waals surface area contributed by atoms with Crippen molar-refractivity contribution >= 4 is 11.6 Å². The maximum atomic E-state index is 12.0. The van der Waals surface area contributed by atoms with E-state index < -0.39 is 17.8 Å². The molecule has 0 saturated carbocycles. The molecule has 0 aromatic heterocycles. The number of nitriles is 2. The molecule has 1 aliphatic rings. The Balaban J connectivity index is 2.46. The molecule has 2 rings (SSSR count). The molecule has 0 spiro atoms. The molecule has 1 amide bonds. The third-order valence-electron chi connectivity index (χ3n) is 3.57. The third-order valence-corrected chi connectivity index (χ3v) is 3.57. The smallest absolute Gasteiger partial charge is 0.249 e. The number of hydrogen-bond donors (Lipinski definition) is 1. The van der Waals surface area contributed by atoms with Crippen LogP contribution in [-0.4, -0.2) is 18.7 Å². The highest BCUT2D eigenvalue weighted by Crippen LogP contribution is 2.35. The van der Waals surface area contributed by atoms with Crippen LogP contribution in [0, 0.1) is 34.5 Å². The van der Waals surface area contributed by atoms with Gasteiger partial charge in [0.15, 0.2) is 0 Å². The highest BCUT2D eigenvalue weighted by atomic mass is 16.5. The van der Waals surface area contributed by atoms with E-state index in [1.54, 1.807) is 38.3 Å². The van der Waals surface area contributed by atoms with Crippen LogP contribution in [0.3, 0.4) is 0 Å². The van der Waals surface area contributed by atoms with E-state index in [2.05, 4.69) is 10.5 Å². The van der Waals surface area contributed by atoms with E-state index in [9.17, 15) is 15.3 Å². The zero-order chi connectivity index (χ0) is 15.4. The number of ether oxygens (including phenoxy) is 1. The quantitative estimate of drug-likeness (QED) is 0.906. The summed E-state index contributed by atoms with van der Waals surface area (Å²) in [7, 11) is 1.56. The molecule has 1 aromatic rings. The van der Waals surface area contributed by atoms with Gasteiger partial charge >= 0.3 is 0 Å². The predicted octanol–water partition coefficient (Wildman–Crippen LogP) is 1.56. The normalized spacial score (nSPS) is 18.4. The van der Waals surface area contributed by atoms with Crippen LogP contribution in [0.2, 0.25) is 0 Å². The lowest BCUT2D eigenvalue weighted by atomic mass is 9.76. The van der Waals surface area contributed by atoms with Gasteiger partial charge in [-0.1, -0.05) is 12.1 Å². The van der Waals surface area contributed by atoms with E-state index in [1.807, 2.05) is 12.1 Å². The fourth-order valence-corrected chi connectivity index (χ4v) is 2.49. The number of methoxy groups -OCH3 is 1. The van der Waals surface area contributed by atoms with Crippen LogP contribution < -0.4 is 10.2 Å². The maximum Gasteiger partial charge on any atom is 0.249 e. The van der Waals surface area contributed by atoms with Gasteiger partial charge < -0.3 is 4.74 Å². The second kappa shape index (κ2) is 6.06. The minimum absolute atomic E-state index is 0.288. The first-order chi connectivity index (χ1) is 10.1. The summed E-state index contributed by atoms with van der Waals surface area (Å²) in [5.74, 6) is -1.72. The van der Waals surface area contributed by atoms with Crippen LogP contribution in [0.25, 0.3) is 0 Å². The summed E-state index contributed by atoms with van der Waals surface area (Å²) in [5, 5.41) is 22.3. The molecular formula is C15H14N4O2. The SMILES string of the molecule is COc1ccc([C@@H](C(C#N)C#N)[C@H]2C(=O)NN=C2C)cc1. The number of benzene rings is 1. The van der Waals surface area contributed by atoms with Crippen LogP contribution >= 0.6 is 0 Å². The van der Waals surface area contributed by atoms with Gasteiger partial charge in [0, 0.05) is 11.6 Å². The van der Waals surface area contributed by atoms with Gasteiger partial charge in [-0.2, -0.15) is 15.6 Å². The van der Waals surface area contributed by atoms with Crippen LogP contribution in [0.15, 0.2) is 29.4 Å². The summed E-state index contributed by atoms with van der Waals surface area (Å²) in [6.45, 7) is 1.71. The fourth-order valence-electron chi connectivity index (χ4n) is 2.49. The van der Waals surface area contributed by atoms with Crippen molar-refractivity contribution in [3.8, 4) is 17.9 Å². The van der Waals surface area contributed by atoms with Crippen molar-refractivity contribution in [1.29, 1.82) is 10.5 Å². The Morgan fingerprint density at radius 2 is 1.90 bits per heavy atom. The number of hydrazone groups is 1. The van der Waals surface area contributed by atoms with Gasteiger partial charge in [0.1, 0.15) is 11.7 Å². The molecule has 21 heavy (non-hydrogen) atoms. The van der Waals surface area contributed by atoms with Gasteiger partial charge in [0.2, 0.25) is 5.91 Å². The molecule has 0 fully saturated rings. The topological polar surface area (TPSA) is 98.3 Å². The Morgan fingerprint density at radius 1 is 1.29 bits per heavy atom. The molecule has 0 radical (unpaired) electrons. The monoisotopic (exact) mass is 282 g/mol. The second-order valence-electron chi connectivity index (χ2n) is 4.74. The van der Waals surface area contributed by atoms with Gasteiger partial charge in [0.25, 0.3) is 0 Å². The molecule has 0 saturated heterocycles. The van der Waals surface area contributed by atoms with Crippen molar-refractivity contribution in [2.45, 2.75) is 12.8 Å². The molecule has 1 aromatic carbocycles. The minimum Gasteiger partial charge on any atom is -0.497 e. The predicted molar refractivity (Wildman–Crippen MR) is 75.2 cm³/mol. The molecule has 0 unspecified atom stereocenters. The number of carbonyl (C=O) groups is 1. The average molecular weight is 282 g/mol. The van der Waals surface area contributed by atoms with E-state index in [0.29, 0.717) is 11.5 Å². The number of nitrogens with one attached hydrogen (secondary N) is 1. The van der Waals surface area contributed by atoms with Crippen molar-refractivity contribution in [1.82, 2.24) is 5.43 Å². The Hall–Kier alpha value is -2.86. The van der Waals surface area contributed by atoms with Crippen molar-refractivity contribution in [2.75, 3.05) is 7.11 Å². The summed E-state index contributed by atoms with van der Waals surface area (Å²) >= 11 is 0. The summed E-state index contributed by atoms with van der Waals surface area (Å²) < 4.78 is 5.10. The van der Waals surface area contributed by atoms with Crippen molar-refractivity contribution in [3.63, 3.8) is 0 Å². The number of carbonyl (C=O) groups excluding carboxylic acids is 1. The Bertz CT molecular complexity index is 638. The molecule has 1 heterocycles. The van der Waals surface area contributed by atoms with Crippen molar-refractivity contribution < 1.29 is 9.53 Å².